The summed E-state index contributed by atoms with van der Waals surface area (Å²) in [4.78, 5) is 11.0. The summed E-state index contributed by atoms with van der Waals surface area (Å²) in [5.74, 6) is 0.419. The van der Waals surface area contributed by atoms with Gasteiger partial charge in [0.05, 0.1) is 0 Å². The van der Waals surface area contributed by atoms with E-state index in [1.807, 2.05) is 0 Å². The van der Waals surface area contributed by atoms with Crippen molar-refractivity contribution in [2.45, 2.75) is 53.1 Å². The van der Waals surface area contributed by atoms with E-state index in [4.69, 9.17) is 4.74 Å². The van der Waals surface area contributed by atoms with Gasteiger partial charge in [-0.15, -0.1) is 0 Å². The van der Waals surface area contributed by atoms with Crippen LogP contribution in [0.1, 0.15) is 47.0 Å². The summed E-state index contributed by atoms with van der Waals surface area (Å²) in [5.41, 5.74) is 1.37. The Balaban J connectivity index is 2.64. The standard InChI is InChI=1S/C13H22O2/c1-9-6-7-11(13(3,4)5)8-12(9)15-10(2)14/h11-12H,1,6-8H2,2-5H3/t11-,12-/m1/s1. The topological polar surface area (TPSA) is 26.3 Å². The molecule has 0 amide bonds. The summed E-state index contributed by atoms with van der Waals surface area (Å²) in [6.45, 7) is 12.2. The highest BCUT2D eigenvalue weighted by molar-refractivity contribution is 5.66. The van der Waals surface area contributed by atoms with Crippen LogP contribution in [-0.2, 0) is 9.53 Å². The molecular formula is C13H22O2. The van der Waals surface area contributed by atoms with E-state index in [9.17, 15) is 4.79 Å². The predicted molar refractivity (Wildman–Crippen MR) is 61.5 cm³/mol. The normalized spacial score (nSPS) is 27.6. The first kappa shape index (κ1) is 12.3. The lowest BCUT2D eigenvalue weighted by atomic mass is 9.70. The molecule has 15 heavy (non-hydrogen) atoms. The molecule has 1 aliphatic carbocycles. The number of hydrogen-bond donors (Lipinski definition) is 0. The number of carbonyl (C=O) groups excluding carboxylic acids is 1. The number of carbonyl (C=O) groups is 1. The number of ether oxygens (including phenoxy) is 1. The highest BCUT2D eigenvalue weighted by Gasteiger charge is 2.33. The lowest BCUT2D eigenvalue weighted by Gasteiger charge is -2.38. The van der Waals surface area contributed by atoms with Crippen LogP contribution in [0.5, 0.6) is 0 Å². The zero-order valence-corrected chi connectivity index (χ0v) is 10.3. The van der Waals surface area contributed by atoms with E-state index in [0.717, 1.165) is 18.4 Å². The third-order valence-corrected chi connectivity index (χ3v) is 3.30. The smallest absolute Gasteiger partial charge is 0.303 e. The van der Waals surface area contributed by atoms with Crippen LogP contribution in [-0.4, -0.2) is 12.1 Å². The molecule has 0 aromatic carbocycles. The molecule has 1 rings (SSSR count). The fourth-order valence-electron chi connectivity index (χ4n) is 2.18. The molecule has 0 aromatic heterocycles. The number of esters is 1. The maximum absolute atomic E-state index is 11.0. The highest BCUT2D eigenvalue weighted by Crippen LogP contribution is 2.40. The van der Waals surface area contributed by atoms with Gasteiger partial charge in [0.2, 0.25) is 0 Å². The molecule has 0 aromatic rings. The minimum absolute atomic E-state index is 0.0551. The molecule has 0 saturated heterocycles. The molecular weight excluding hydrogens is 188 g/mol. The van der Waals surface area contributed by atoms with E-state index in [-0.39, 0.29) is 12.1 Å². The Labute approximate surface area is 92.7 Å². The Morgan fingerprint density at radius 1 is 1.47 bits per heavy atom. The average Bonchev–Trinajstić information content (AvgIpc) is 2.06. The molecule has 2 atom stereocenters. The van der Waals surface area contributed by atoms with Crippen molar-refractivity contribution in [2.24, 2.45) is 11.3 Å². The van der Waals surface area contributed by atoms with Gasteiger partial charge in [0, 0.05) is 6.92 Å². The van der Waals surface area contributed by atoms with Crippen molar-refractivity contribution in [1.82, 2.24) is 0 Å². The summed E-state index contributed by atoms with van der Waals surface area (Å²) in [5, 5.41) is 0. The van der Waals surface area contributed by atoms with Crippen molar-refractivity contribution in [3.8, 4) is 0 Å². The molecule has 0 spiro atoms. The van der Waals surface area contributed by atoms with Gasteiger partial charge in [-0.05, 0) is 36.2 Å². The third-order valence-electron chi connectivity index (χ3n) is 3.30. The summed E-state index contributed by atoms with van der Waals surface area (Å²) in [7, 11) is 0. The predicted octanol–water partition coefficient (Wildman–Crippen LogP) is 3.32. The largest absolute Gasteiger partial charge is 0.458 e. The summed E-state index contributed by atoms with van der Waals surface area (Å²) >= 11 is 0. The first-order chi connectivity index (χ1) is 6.80. The van der Waals surface area contributed by atoms with Crippen LogP contribution >= 0.6 is 0 Å². The van der Waals surface area contributed by atoms with E-state index in [1.165, 1.54) is 13.3 Å². The zero-order chi connectivity index (χ0) is 11.6. The second kappa shape index (κ2) is 4.38. The summed E-state index contributed by atoms with van der Waals surface area (Å²) in [6.07, 6.45) is 3.03. The van der Waals surface area contributed by atoms with E-state index in [1.54, 1.807) is 0 Å². The van der Waals surface area contributed by atoms with Crippen molar-refractivity contribution >= 4 is 5.97 Å². The van der Waals surface area contributed by atoms with Gasteiger partial charge in [-0.1, -0.05) is 27.4 Å². The highest BCUT2D eigenvalue weighted by atomic mass is 16.5. The van der Waals surface area contributed by atoms with Crippen molar-refractivity contribution in [1.29, 1.82) is 0 Å². The minimum atomic E-state index is -0.198. The van der Waals surface area contributed by atoms with E-state index in [2.05, 4.69) is 27.4 Å². The quantitative estimate of drug-likeness (QED) is 0.490. The molecule has 0 unspecified atom stereocenters. The Morgan fingerprint density at radius 2 is 2.07 bits per heavy atom. The number of hydrogen-bond acceptors (Lipinski definition) is 2. The molecule has 1 fully saturated rings. The van der Waals surface area contributed by atoms with Crippen molar-refractivity contribution in [3.63, 3.8) is 0 Å². The zero-order valence-electron chi connectivity index (χ0n) is 10.3. The molecule has 86 valence electrons. The Bertz CT molecular complexity index is 260. The second-order valence-corrected chi connectivity index (χ2v) is 5.59. The molecule has 0 aliphatic heterocycles. The summed E-state index contributed by atoms with van der Waals surface area (Å²) < 4.78 is 5.29. The van der Waals surface area contributed by atoms with Gasteiger partial charge >= 0.3 is 5.97 Å². The van der Waals surface area contributed by atoms with Gasteiger partial charge in [0.25, 0.3) is 0 Å². The van der Waals surface area contributed by atoms with Gasteiger partial charge in [-0.25, -0.2) is 0 Å². The summed E-state index contributed by atoms with van der Waals surface area (Å²) in [6, 6.07) is 0. The Kier molecular flexibility index (Phi) is 3.58. The van der Waals surface area contributed by atoms with Crippen molar-refractivity contribution in [3.05, 3.63) is 12.2 Å². The Morgan fingerprint density at radius 3 is 2.53 bits per heavy atom. The molecule has 0 heterocycles. The van der Waals surface area contributed by atoms with Crippen LogP contribution in [0, 0.1) is 11.3 Å². The van der Waals surface area contributed by atoms with Crippen LogP contribution in [0.2, 0.25) is 0 Å². The molecule has 2 heteroatoms. The fourth-order valence-corrected chi connectivity index (χ4v) is 2.18. The monoisotopic (exact) mass is 210 g/mol. The van der Waals surface area contributed by atoms with Crippen LogP contribution in [0.15, 0.2) is 12.2 Å². The van der Waals surface area contributed by atoms with E-state index in [0.29, 0.717) is 11.3 Å². The van der Waals surface area contributed by atoms with E-state index >= 15 is 0 Å². The van der Waals surface area contributed by atoms with E-state index < -0.39 is 0 Å². The lowest BCUT2D eigenvalue weighted by Crippen LogP contribution is -2.32. The van der Waals surface area contributed by atoms with Crippen LogP contribution in [0.4, 0.5) is 0 Å². The second-order valence-electron chi connectivity index (χ2n) is 5.59. The van der Waals surface area contributed by atoms with Gasteiger partial charge in [0.15, 0.2) is 0 Å². The Hall–Kier alpha value is -0.790. The first-order valence-electron chi connectivity index (χ1n) is 5.65. The van der Waals surface area contributed by atoms with Gasteiger partial charge in [-0.2, -0.15) is 0 Å². The average molecular weight is 210 g/mol. The minimum Gasteiger partial charge on any atom is -0.458 e. The molecule has 0 N–H and O–H groups in total. The maximum atomic E-state index is 11.0. The van der Waals surface area contributed by atoms with Gasteiger partial charge in [0.1, 0.15) is 6.10 Å². The first-order valence-corrected chi connectivity index (χ1v) is 5.65. The van der Waals surface area contributed by atoms with Crippen LogP contribution in [0.25, 0.3) is 0 Å². The van der Waals surface area contributed by atoms with Gasteiger partial charge < -0.3 is 4.74 Å². The molecule has 0 radical (unpaired) electrons. The van der Waals surface area contributed by atoms with Crippen molar-refractivity contribution in [2.75, 3.05) is 0 Å². The molecule has 2 nitrogen and oxygen atoms in total. The molecule has 1 saturated carbocycles. The van der Waals surface area contributed by atoms with Crippen molar-refractivity contribution < 1.29 is 9.53 Å². The van der Waals surface area contributed by atoms with Crippen LogP contribution in [0.3, 0.4) is 0 Å². The van der Waals surface area contributed by atoms with Gasteiger partial charge in [-0.3, -0.25) is 4.79 Å². The maximum Gasteiger partial charge on any atom is 0.303 e. The SMILES string of the molecule is C=C1CC[C@@H](C(C)(C)C)C[C@H]1OC(C)=O. The third kappa shape index (κ3) is 3.37. The van der Waals surface area contributed by atoms with Crippen LogP contribution < -0.4 is 0 Å². The molecule has 1 aliphatic rings. The number of rotatable bonds is 1. The lowest BCUT2D eigenvalue weighted by molar-refractivity contribution is -0.146. The molecule has 0 bridgehead atoms. The fraction of sp³-hybridized carbons (Fsp3) is 0.769.